The standard InChI is InChI=1S/C38H67N7O7/c1-19(2)16-27-33(47)40-28(17-20(3)4)37(51)43(13)26(11)36(50)45(15)29(18-21(5)6)34(48)41-31(30-22(7)23(30)8)38(52)44(14)25(10)35(49)42(12)24(9)32(46)39-27/h19-31H,16-18H2,1-15H3,(H,39,46)(H,40,47)(H,41,48). The van der Waals surface area contributed by atoms with Gasteiger partial charge in [0, 0.05) is 28.2 Å². The zero-order valence-corrected chi connectivity index (χ0v) is 34.3. The molecule has 0 spiro atoms. The van der Waals surface area contributed by atoms with E-state index in [4.69, 9.17) is 0 Å². The number of amides is 7. The molecule has 2 fully saturated rings. The average molecular weight is 734 g/mol. The van der Waals surface area contributed by atoms with Crippen LogP contribution in [0.1, 0.15) is 95.4 Å². The van der Waals surface area contributed by atoms with Gasteiger partial charge in [-0.05, 0) is 75.5 Å². The second kappa shape index (κ2) is 18.4. The number of carbonyl (C=O) groups excluding carboxylic acids is 7. The van der Waals surface area contributed by atoms with Crippen LogP contribution in [0.3, 0.4) is 0 Å². The fraction of sp³-hybridized carbons (Fsp3) is 0.816. The molecule has 0 bridgehead atoms. The fourth-order valence-corrected chi connectivity index (χ4v) is 7.02. The summed E-state index contributed by atoms with van der Waals surface area (Å²) in [6.45, 7) is 20.2. The van der Waals surface area contributed by atoms with Crippen molar-refractivity contribution in [3.05, 3.63) is 0 Å². The monoisotopic (exact) mass is 734 g/mol. The number of hydrogen-bond donors (Lipinski definition) is 3. The van der Waals surface area contributed by atoms with Crippen molar-refractivity contribution in [1.29, 1.82) is 0 Å². The molecule has 1 aliphatic carbocycles. The summed E-state index contributed by atoms with van der Waals surface area (Å²) in [5.74, 6) is -3.48. The second-order valence-corrected chi connectivity index (χ2v) is 16.6. The van der Waals surface area contributed by atoms with Gasteiger partial charge in [-0.1, -0.05) is 55.4 Å². The van der Waals surface area contributed by atoms with Crippen LogP contribution in [0.5, 0.6) is 0 Å². The van der Waals surface area contributed by atoms with Gasteiger partial charge in [0.25, 0.3) is 0 Å². The molecule has 0 aromatic carbocycles. The predicted molar refractivity (Wildman–Crippen MR) is 199 cm³/mol. The molecule has 52 heavy (non-hydrogen) atoms. The molecule has 14 heteroatoms. The highest BCUT2D eigenvalue weighted by Gasteiger charge is 2.53. The molecule has 7 amide bonds. The zero-order valence-electron chi connectivity index (χ0n) is 34.3. The van der Waals surface area contributed by atoms with Gasteiger partial charge in [0.1, 0.15) is 42.3 Å². The van der Waals surface area contributed by atoms with Crippen LogP contribution in [-0.4, -0.2) is 131 Å². The van der Waals surface area contributed by atoms with Crippen LogP contribution in [0.25, 0.3) is 0 Å². The van der Waals surface area contributed by atoms with Gasteiger partial charge < -0.3 is 35.6 Å². The third-order valence-corrected chi connectivity index (χ3v) is 11.2. The Morgan fingerprint density at radius 1 is 0.462 bits per heavy atom. The lowest BCUT2D eigenvalue weighted by Crippen LogP contribution is -2.60. The van der Waals surface area contributed by atoms with Crippen molar-refractivity contribution in [1.82, 2.24) is 35.6 Å². The molecule has 1 saturated heterocycles. The van der Waals surface area contributed by atoms with E-state index in [0.717, 1.165) is 0 Å². The maximum Gasteiger partial charge on any atom is 0.245 e. The van der Waals surface area contributed by atoms with Crippen LogP contribution in [0, 0.1) is 35.5 Å². The van der Waals surface area contributed by atoms with Crippen molar-refractivity contribution in [3.8, 4) is 0 Å². The van der Waals surface area contributed by atoms with E-state index in [2.05, 4.69) is 16.0 Å². The van der Waals surface area contributed by atoms with Crippen molar-refractivity contribution in [2.45, 2.75) is 138 Å². The summed E-state index contributed by atoms with van der Waals surface area (Å²) in [5, 5.41) is 8.61. The summed E-state index contributed by atoms with van der Waals surface area (Å²) in [7, 11) is 5.99. The van der Waals surface area contributed by atoms with Crippen LogP contribution in [0.2, 0.25) is 0 Å². The molecule has 3 N–H and O–H groups in total. The summed E-state index contributed by atoms with van der Waals surface area (Å²) in [6, 6.07) is -6.91. The van der Waals surface area contributed by atoms with Crippen LogP contribution in [0.4, 0.5) is 0 Å². The van der Waals surface area contributed by atoms with Crippen molar-refractivity contribution in [2.24, 2.45) is 35.5 Å². The SMILES string of the molecule is CC(C)CC1NC(=O)C(C)N(C)C(=O)C(C)N(C)C(=O)C(C2C(C)C2C)NC(=O)C(CC(C)C)N(C)C(=O)C(C)N(C)C(=O)C(CC(C)C)NC1=O. The molecule has 0 radical (unpaired) electrons. The molecule has 1 aliphatic heterocycles. The fourth-order valence-electron chi connectivity index (χ4n) is 7.02. The average Bonchev–Trinajstić information content (AvgIpc) is 3.67. The van der Waals surface area contributed by atoms with Gasteiger partial charge in [-0.15, -0.1) is 0 Å². The van der Waals surface area contributed by atoms with Gasteiger partial charge >= 0.3 is 0 Å². The summed E-state index contributed by atoms with van der Waals surface area (Å²) in [6.07, 6.45) is 0.844. The molecule has 2 aliphatic rings. The topological polar surface area (TPSA) is 169 Å². The van der Waals surface area contributed by atoms with Gasteiger partial charge in [0.05, 0.1) is 0 Å². The molecule has 296 valence electrons. The Morgan fingerprint density at radius 2 is 0.865 bits per heavy atom. The molecule has 14 nitrogen and oxygen atoms in total. The summed E-state index contributed by atoms with van der Waals surface area (Å²) in [5.41, 5.74) is 0. The first kappa shape index (κ1) is 44.5. The first-order chi connectivity index (χ1) is 23.9. The first-order valence-corrected chi connectivity index (χ1v) is 18.9. The number of hydrogen-bond acceptors (Lipinski definition) is 7. The molecular weight excluding hydrogens is 666 g/mol. The third-order valence-electron chi connectivity index (χ3n) is 11.2. The van der Waals surface area contributed by atoms with E-state index in [9.17, 15) is 33.6 Å². The Balaban J connectivity index is 2.70. The van der Waals surface area contributed by atoms with Crippen molar-refractivity contribution in [3.63, 3.8) is 0 Å². The molecule has 9 unspecified atom stereocenters. The zero-order chi connectivity index (χ0) is 40.1. The summed E-state index contributed by atoms with van der Waals surface area (Å²) >= 11 is 0. The number of nitrogens with zero attached hydrogens (tertiary/aromatic N) is 4. The van der Waals surface area contributed by atoms with Gasteiger partial charge in [-0.2, -0.15) is 0 Å². The van der Waals surface area contributed by atoms with Crippen molar-refractivity contribution >= 4 is 41.4 Å². The van der Waals surface area contributed by atoms with Gasteiger partial charge in [-0.3, -0.25) is 33.6 Å². The highest BCUT2D eigenvalue weighted by Crippen LogP contribution is 2.48. The van der Waals surface area contributed by atoms with E-state index in [-0.39, 0.29) is 48.3 Å². The van der Waals surface area contributed by atoms with Gasteiger partial charge in [0.2, 0.25) is 41.4 Å². The Morgan fingerprint density at radius 3 is 1.33 bits per heavy atom. The van der Waals surface area contributed by atoms with E-state index in [1.807, 2.05) is 55.4 Å². The molecule has 2 rings (SSSR count). The van der Waals surface area contributed by atoms with E-state index in [1.54, 1.807) is 20.8 Å². The minimum atomic E-state index is -1.01. The van der Waals surface area contributed by atoms with Crippen LogP contribution in [-0.2, 0) is 33.6 Å². The lowest BCUT2D eigenvalue weighted by molar-refractivity contribution is -0.150. The summed E-state index contributed by atoms with van der Waals surface area (Å²) < 4.78 is 0. The minimum Gasteiger partial charge on any atom is -0.343 e. The maximum absolute atomic E-state index is 14.2. The normalized spacial score (nSPS) is 32.7. The van der Waals surface area contributed by atoms with E-state index in [0.29, 0.717) is 6.42 Å². The molecule has 1 saturated carbocycles. The quantitative estimate of drug-likeness (QED) is 0.359. The Labute approximate surface area is 311 Å². The molecule has 1 heterocycles. The van der Waals surface area contributed by atoms with Crippen molar-refractivity contribution < 1.29 is 33.6 Å². The molecule has 0 aromatic rings. The number of carbonyl (C=O) groups is 7. The Kier molecular flexibility index (Phi) is 15.7. The number of likely N-dealkylation sites (N-methyl/N-ethyl adjacent to an activating group) is 4. The Hall–Kier alpha value is -3.71. The highest BCUT2D eigenvalue weighted by molar-refractivity contribution is 5.98. The summed E-state index contributed by atoms with van der Waals surface area (Å²) in [4.78, 5) is 103. The van der Waals surface area contributed by atoms with Crippen LogP contribution >= 0.6 is 0 Å². The van der Waals surface area contributed by atoms with E-state index >= 15 is 0 Å². The first-order valence-electron chi connectivity index (χ1n) is 18.9. The van der Waals surface area contributed by atoms with Crippen LogP contribution < -0.4 is 16.0 Å². The number of nitrogens with one attached hydrogen (secondary N) is 3. The second-order valence-electron chi connectivity index (χ2n) is 16.6. The molecule has 0 aromatic heterocycles. The van der Waals surface area contributed by atoms with Gasteiger partial charge in [-0.25, -0.2) is 0 Å². The van der Waals surface area contributed by atoms with Crippen LogP contribution in [0.15, 0.2) is 0 Å². The predicted octanol–water partition coefficient (Wildman–Crippen LogP) is 1.86. The minimum absolute atomic E-state index is 0.00153. The van der Waals surface area contributed by atoms with Crippen molar-refractivity contribution in [2.75, 3.05) is 28.2 Å². The highest BCUT2D eigenvalue weighted by atomic mass is 16.2. The molecule has 9 atom stereocenters. The molecular formula is C38H67N7O7. The largest absolute Gasteiger partial charge is 0.343 e. The smallest absolute Gasteiger partial charge is 0.245 e. The number of rotatable bonds is 7. The lowest BCUT2D eigenvalue weighted by atomic mass is 9.98. The lowest BCUT2D eigenvalue weighted by Gasteiger charge is -2.36. The third kappa shape index (κ3) is 10.7. The van der Waals surface area contributed by atoms with E-state index < -0.39 is 83.6 Å². The maximum atomic E-state index is 14.2. The van der Waals surface area contributed by atoms with E-state index in [1.165, 1.54) is 47.8 Å². The Bertz CT molecular complexity index is 1330. The van der Waals surface area contributed by atoms with Gasteiger partial charge in [0.15, 0.2) is 0 Å².